The van der Waals surface area contributed by atoms with E-state index in [1.165, 1.54) is 7.11 Å². The first-order valence-corrected chi connectivity index (χ1v) is 4.75. The Kier molecular flexibility index (Phi) is 3.94. The maximum Gasteiger partial charge on any atom is 0.186 e. The van der Waals surface area contributed by atoms with Crippen LogP contribution in [0.5, 0.6) is 0 Å². The number of hydrogen-bond acceptors (Lipinski definition) is 4. The molecule has 4 nitrogen and oxygen atoms in total. The van der Waals surface area contributed by atoms with Crippen molar-refractivity contribution in [2.75, 3.05) is 13.0 Å². The molecule has 2 N–H and O–H groups in total. The van der Waals surface area contributed by atoms with Crippen molar-refractivity contribution >= 4 is 11.6 Å². The van der Waals surface area contributed by atoms with E-state index in [1.54, 1.807) is 6.92 Å². The monoisotopic (exact) mass is 210 g/mol. The van der Waals surface area contributed by atoms with Crippen LogP contribution < -0.4 is 0 Å². The summed E-state index contributed by atoms with van der Waals surface area (Å²) < 4.78 is 10.2. The second-order valence-corrected chi connectivity index (χ2v) is 3.58. The first kappa shape index (κ1) is 11.2. The standard InChI is InChI=1S/C8H15ClO4/c1-4-5(3-9)13-8(12-2)7(11)6(4)10/h4-8,10-11H,3H2,1-2H3/t4-,5?,6+,7?,8-/m1/s1. The van der Waals surface area contributed by atoms with E-state index in [0.717, 1.165) is 0 Å². The number of halogens is 1. The number of methoxy groups -OCH3 is 1. The molecule has 0 radical (unpaired) electrons. The van der Waals surface area contributed by atoms with Crippen LogP contribution in [0, 0.1) is 5.92 Å². The quantitative estimate of drug-likeness (QED) is 0.628. The number of alkyl halides is 1. The Bertz CT molecular complexity index is 146. The molecule has 0 amide bonds. The molecule has 1 fully saturated rings. The summed E-state index contributed by atoms with van der Waals surface area (Å²) >= 11 is 5.64. The zero-order valence-corrected chi connectivity index (χ0v) is 8.44. The van der Waals surface area contributed by atoms with Crippen LogP contribution in [-0.4, -0.2) is 47.8 Å². The number of aliphatic hydroxyl groups is 2. The summed E-state index contributed by atoms with van der Waals surface area (Å²) in [4.78, 5) is 0. The van der Waals surface area contributed by atoms with E-state index >= 15 is 0 Å². The van der Waals surface area contributed by atoms with E-state index in [1.807, 2.05) is 0 Å². The highest BCUT2D eigenvalue weighted by molar-refractivity contribution is 6.18. The van der Waals surface area contributed by atoms with Crippen molar-refractivity contribution in [3.05, 3.63) is 0 Å². The fourth-order valence-electron chi connectivity index (χ4n) is 1.44. The number of rotatable bonds is 2. The largest absolute Gasteiger partial charge is 0.390 e. The van der Waals surface area contributed by atoms with Crippen LogP contribution in [0.1, 0.15) is 6.92 Å². The molecular formula is C8H15ClO4. The zero-order chi connectivity index (χ0) is 10.0. The molecule has 0 bridgehead atoms. The number of aliphatic hydroxyl groups excluding tert-OH is 2. The molecule has 0 aromatic heterocycles. The van der Waals surface area contributed by atoms with Crippen LogP contribution in [0.15, 0.2) is 0 Å². The van der Waals surface area contributed by atoms with Gasteiger partial charge in [-0.2, -0.15) is 0 Å². The maximum atomic E-state index is 9.58. The van der Waals surface area contributed by atoms with Gasteiger partial charge in [-0.05, 0) is 0 Å². The molecule has 0 spiro atoms. The molecule has 0 aromatic carbocycles. The summed E-state index contributed by atoms with van der Waals surface area (Å²) in [7, 11) is 1.42. The molecule has 5 atom stereocenters. The Morgan fingerprint density at radius 2 is 2.00 bits per heavy atom. The van der Waals surface area contributed by atoms with Crippen molar-refractivity contribution in [1.82, 2.24) is 0 Å². The van der Waals surface area contributed by atoms with E-state index in [-0.39, 0.29) is 17.9 Å². The zero-order valence-electron chi connectivity index (χ0n) is 7.68. The lowest BCUT2D eigenvalue weighted by Gasteiger charge is -2.40. The molecule has 5 heteroatoms. The van der Waals surface area contributed by atoms with Crippen molar-refractivity contribution in [1.29, 1.82) is 0 Å². The molecule has 1 aliphatic heterocycles. The lowest BCUT2D eigenvalue weighted by molar-refractivity contribution is -0.270. The summed E-state index contributed by atoms with van der Waals surface area (Å²) in [6, 6.07) is 0. The van der Waals surface area contributed by atoms with E-state index < -0.39 is 18.5 Å². The van der Waals surface area contributed by atoms with Crippen molar-refractivity contribution in [2.24, 2.45) is 5.92 Å². The summed E-state index contributed by atoms with van der Waals surface area (Å²) in [5, 5.41) is 19.1. The molecule has 0 aromatic rings. The third-order valence-corrected chi connectivity index (χ3v) is 2.75. The minimum absolute atomic E-state index is 0.182. The highest BCUT2D eigenvalue weighted by atomic mass is 35.5. The fraction of sp³-hybridized carbons (Fsp3) is 1.00. The van der Waals surface area contributed by atoms with Crippen LogP contribution in [-0.2, 0) is 9.47 Å². The smallest absolute Gasteiger partial charge is 0.186 e. The van der Waals surface area contributed by atoms with Crippen molar-refractivity contribution in [3.63, 3.8) is 0 Å². The lowest BCUT2D eigenvalue weighted by atomic mass is 9.91. The minimum atomic E-state index is -1.00. The average molecular weight is 211 g/mol. The summed E-state index contributed by atoms with van der Waals surface area (Å²) in [6.45, 7) is 1.78. The highest BCUT2D eigenvalue weighted by Gasteiger charge is 2.41. The third kappa shape index (κ3) is 2.14. The van der Waals surface area contributed by atoms with Crippen LogP contribution in [0.3, 0.4) is 0 Å². The van der Waals surface area contributed by atoms with Gasteiger partial charge in [0.05, 0.1) is 12.2 Å². The van der Waals surface area contributed by atoms with Crippen LogP contribution >= 0.6 is 11.6 Å². The first-order valence-electron chi connectivity index (χ1n) is 4.22. The van der Waals surface area contributed by atoms with Gasteiger partial charge in [-0.25, -0.2) is 0 Å². The molecular weight excluding hydrogens is 196 g/mol. The van der Waals surface area contributed by atoms with Crippen molar-refractivity contribution in [2.45, 2.75) is 31.5 Å². The van der Waals surface area contributed by atoms with Gasteiger partial charge in [0.15, 0.2) is 6.29 Å². The predicted molar refractivity (Wildman–Crippen MR) is 47.6 cm³/mol. The SMILES string of the molecule is CO[C@@H]1OC(CCl)[C@@H](C)[C@H](O)C1O. The Morgan fingerprint density at radius 1 is 1.38 bits per heavy atom. The predicted octanol–water partition coefficient (Wildman–Crippen LogP) is -0.0456. The van der Waals surface area contributed by atoms with Crippen molar-refractivity contribution < 1.29 is 19.7 Å². The second kappa shape index (κ2) is 4.57. The van der Waals surface area contributed by atoms with Crippen LogP contribution in [0.2, 0.25) is 0 Å². The molecule has 0 aliphatic carbocycles. The van der Waals surface area contributed by atoms with Gasteiger partial charge >= 0.3 is 0 Å². The Balaban J connectivity index is 2.66. The maximum absolute atomic E-state index is 9.58. The molecule has 1 saturated heterocycles. The molecule has 13 heavy (non-hydrogen) atoms. The molecule has 78 valence electrons. The molecule has 1 rings (SSSR count). The normalized spacial score (nSPS) is 46.4. The Hall–Kier alpha value is 0.130. The molecule has 2 unspecified atom stereocenters. The van der Waals surface area contributed by atoms with Crippen LogP contribution in [0.4, 0.5) is 0 Å². The van der Waals surface area contributed by atoms with E-state index in [4.69, 9.17) is 21.1 Å². The highest BCUT2D eigenvalue weighted by Crippen LogP contribution is 2.26. The first-order chi connectivity index (χ1) is 6.11. The molecule has 0 saturated carbocycles. The summed E-state index contributed by atoms with van der Waals surface area (Å²) in [5.74, 6) is 0.101. The van der Waals surface area contributed by atoms with Gasteiger partial charge < -0.3 is 19.7 Å². The lowest BCUT2D eigenvalue weighted by Crippen LogP contribution is -2.54. The van der Waals surface area contributed by atoms with Gasteiger partial charge in [0.1, 0.15) is 6.10 Å². The fourth-order valence-corrected chi connectivity index (χ4v) is 1.79. The van der Waals surface area contributed by atoms with Gasteiger partial charge in [-0.3, -0.25) is 0 Å². The molecule has 1 heterocycles. The number of hydrogen-bond donors (Lipinski definition) is 2. The molecule has 1 aliphatic rings. The third-order valence-electron chi connectivity index (χ3n) is 2.45. The topological polar surface area (TPSA) is 58.9 Å². The van der Waals surface area contributed by atoms with Gasteiger partial charge in [0.2, 0.25) is 0 Å². The summed E-state index contributed by atoms with van der Waals surface area (Å²) in [5.41, 5.74) is 0. The van der Waals surface area contributed by atoms with Crippen molar-refractivity contribution in [3.8, 4) is 0 Å². The van der Waals surface area contributed by atoms with Gasteiger partial charge in [-0.1, -0.05) is 6.92 Å². The number of ether oxygens (including phenoxy) is 2. The van der Waals surface area contributed by atoms with Gasteiger partial charge in [0.25, 0.3) is 0 Å². The Morgan fingerprint density at radius 3 is 2.46 bits per heavy atom. The Labute approximate surface area is 82.4 Å². The summed E-state index contributed by atoms with van der Waals surface area (Å²) in [6.07, 6.45) is -2.90. The minimum Gasteiger partial charge on any atom is -0.390 e. The van der Waals surface area contributed by atoms with Gasteiger partial charge in [0, 0.05) is 18.9 Å². The van der Waals surface area contributed by atoms with E-state index in [2.05, 4.69) is 0 Å². The van der Waals surface area contributed by atoms with E-state index in [9.17, 15) is 10.2 Å². The van der Waals surface area contributed by atoms with Gasteiger partial charge in [-0.15, -0.1) is 11.6 Å². The van der Waals surface area contributed by atoms with Crippen LogP contribution in [0.25, 0.3) is 0 Å². The van der Waals surface area contributed by atoms with E-state index in [0.29, 0.717) is 0 Å². The second-order valence-electron chi connectivity index (χ2n) is 3.27. The average Bonchev–Trinajstić information content (AvgIpc) is 2.15.